The minimum absolute atomic E-state index is 0.275. The van der Waals surface area contributed by atoms with E-state index < -0.39 is 6.17 Å². The number of para-hydroxylation sites is 1. The molecule has 0 aromatic heterocycles. The summed E-state index contributed by atoms with van der Waals surface area (Å²) in [5, 5.41) is 2.81. The number of benzodiazepines with no additional fused rings is 1. The normalized spacial score (nSPS) is 21.9. The van der Waals surface area contributed by atoms with E-state index in [-0.39, 0.29) is 5.91 Å². The fourth-order valence-corrected chi connectivity index (χ4v) is 2.29. The standard InChI is InChI=1S/C15H15N3O/c16-14-15(19)17-12-9-5-4-8-11(12)13(18-14)10-6-2-1-3-7-10/h2,4-9,14H,1,3,16H2,(H,17,19)/t14-/m1/s1. The van der Waals surface area contributed by atoms with Crippen LogP contribution >= 0.6 is 0 Å². The van der Waals surface area contributed by atoms with Crippen LogP contribution in [0.15, 0.2) is 53.1 Å². The number of hydrogen-bond acceptors (Lipinski definition) is 3. The zero-order valence-corrected chi connectivity index (χ0v) is 10.5. The van der Waals surface area contributed by atoms with Crippen LogP contribution in [0.25, 0.3) is 0 Å². The molecular formula is C15H15N3O. The molecule has 0 spiro atoms. The van der Waals surface area contributed by atoms with E-state index in [1.165, 1.54) is 0 Å². The molecule has 1 amide bonds. The molecular weight excluding hydrogens is 238 g/mol. The maximum Gasteiger partial charge on any atom is 0.263 e. The summed E-state index contributed by atoms with van der Waals surface area (Å²) in [6.45, 7) is 0. The summed E-state index contributed by atoms with van der Waals surface area (Å²) in [5.41, 5.74) is 9.31. The van der Waals surface area contributed by atoms with Gasteiger partial charge < -0.3 is 11.1 Å². The van der Waals surface area contributed by atoms with Crippen molar-refractivity contribution in [1.82, 2.24) is 0 Å². The second-order valence-corrected chi connectivity index (χ2v) is 4.60. The van der Waals surface area contributed by atoms with Gasteiger partial charge in [0.15, 0.2) is 6.17 Å². The number of anilines is 1. The lowest BCUT2D eigenvalue weighted by Gasteiger charge is -2.12. The van der Waals surface area contributed by atoms with Crippen molar-refractivity contribution in [2.45, 2.75) is 19.0 Å². The minimum atomic E-state index is -0.862. The van der Waals surface area contributed by atoms with Gasteiger partial charge in [0.05, 0.1) is 11.4 Å². The predicted molar refractivity (Wildman–Crippen MR) is 76.0 cm³/mol. The Labute approximate surface area is 111 Å². The molecule has 1 aromatic carbocycles. The van der Waals surface area contributed by atoms with Crippen LogP contribution in [0.3, 0.4) is 0 Å². The molecule has 1 heterocycles. The Bertz CT molecular complexity index is 614. The number of benzene rings is 1. The van der Waals surface area contributed by atoms with Crippen LogP contribution < -0.4 is 11.1 Å². The van der Waals surface area contributed by atoms with Gasteiger partial charge in [-0.1, -0.05) is 36.4 Å². The number of carbonyl (C=O) groups is 1. The van der Waals surface area contributed by atoms with Crippen molar-refractivity contribution in [2.24, 2.45) is 10.7 Å². The number of nitrogens with zero attached hydrogens (tertiary/aromatic N) is 1. The second kappa shape index (κ2) is 4.82. The Morgan fingerprint density at radius 2 is 2.11 bits per heavy atom. The molecule has 0 bridgehead atoms. The Morgan fingerprint density at radius 1 is 1.26 bits per heavy atom. The Balaban J connectivity index is 2.15. The summed E-state index contributed by atoms with van der Waals surface area (Å²) >= 11 is 0. The lowest BCUT2D eigenvalue weighted by Crippen LogP contribution is -2.33. The maximum absolute atomic E-state index is 11.8. The number of aliphatic imine (C=N–C) groups is 1. The molecule has 1 atom stereocenters. The lowest BCUT2D eigenvalue weighted by atomic mass is 9.96. The molecule has 4 heteroatoms. The lowest BCUT2D eigenvalue weighted by molar-refractivity contribution is -0.117. The van der Waals surface area contributed by atoms with Gasteiger partial charge >= 0.3 is 0 Å². The average molecular weight is 253 g/mol. The first-order valence-corrected chi connectivity index (χ1v) is 6.36. The molecule has 1 aliphatic carbocycles. The number of rotatable bonds is 1. The largest absolute Gasteiger partial charge is 0.322 e. The van der Waals surface area contributed by atoms with Crippen molar-refractivity contribution in [2.75, 3.05) is 5.32 Å². The molecule has 0 saturated carbocycles. The van der Waals surface area contributed by atoms with Crippen molar-refractivity contribution in [3.8, 4) is 0 Å². The van der Waals surface area contributed by atoms with Gasteiger partial charge in [-0.25, -0.2) is 0 Å². The van der Waals surface area contributed by atoms with E-state index in [0.29, 0.717) is 0 Å². The van der Waals surface area contributed by atoms with E-state index in [9.17, 15) is 4.79 Å². The molecule has 19 heavy (non-hydrogen) atoms. The maximum atomic E-state index is 11.8. The second-order valence-electron chi connectivity index (χ2n) is 4.60. The average Bonchev–Trinajstić information content (AvgIpc) is 2.58. The topological polar surface area (TPSA) is 67.5 Å². The van der Waals surface area contributed by atoms with Crippen molar-refractivity contribution < 1.29 is 4.79 Å². The molecule has 2 aliphatic rings. The molecule has 1 aliphatic heterocycles. The SMILES string of the molecule is N[C@@H]1N=C(C2=CCCC=C2)c2ccccc2NC1=O. The molecule has 0 fully saturated rings. The summed E-state index contributed by atoms with van der Waals surface area (Å²) in [6.07, 6.45) is 7.47. The Hall–Kier alpha value is -2.20. The highest BCUT2D eigenvalue weighted by Crippen LogP contribution is 2.25. The number of nitrogens with two attached hydrogens (primary N) is 1. The highest BCUT2D eigenvalue weighted by molar-refractivity contribution is 6.20. The summed E-state index contributed by atoms with van der Waals surface area (Å²) in [7, 11) is 0. The van der Waals surface area contributed by atoms with Crippen LogP contribution in [-0.2, 0) is 4.79 Å². The van der Waals surface area contributed by atoms with E-state index in [2.05, 4.69) is 22.5 Å². The first-order chi connectivity index (χ1) is 9.25. The third kappa shape index (κ3) is 2.22. The number of amides is 1. The van der Waals surface area contributed by atoms with Gasteiger partial charge in [0.1, 0.15) is 0 Å². The first kappa shape index (κ1) is 11.9. The highest BCUT2D eigenvalue weighted by atomic mass is 16.2. The van der Waals surface area contributed by atoms with Crippen molar-refractivity contribution >= 4 is 17.3 Å². The molecule has 0 unspecified atom stereocenters. The highest BCUT2D eigenvalue weighted by Gasteiger charge is 2.23. The van der Waals surface area contributed by atoms with Gasteiger partial charge in [-0.3, -0.25) is 9.79 Å². The van der Waals surface area contributed by atoms with Crippen LogP contribution in [0.5, 0.6) is 0 Å². The fourth-order valence-electron chi connectivity index (χ4n) is 2.29. The van der Waals surface area contributed by atoms with Crippen molar-refractivity contribution in [3.05, 3.63) is 53.6 Å². The van der Waals surface area contributed by atoms with Crippen LogP contribution in [-0.4, -0.2) is 17.8 Å². The van der Waals surface area contributed by atoms with E-state index >= 15 is 0 Å². The van der Waals surface area contributed by atoms with Gasteiger partial charge in [-0.15, -0.1) is 0 Å². The molecule has 3 rings (SSSR count). The van der Waals surface area contributed by atoms with E-state index in [0.717, 1.165) is 35.4 Å². The number of fused-ring (bicyclic) bond motifs is 1. The van der Waals surface area contributed by atoms with Gasteiger partial charge in [0.25, 0.3) is 5.91 Å². The quantitative estimate of drug-likeness (QED) is 0.803. The van der Waals surface area contributed by atoms with Gasteiger partial charge in [-0.2, -0.15) is 0 Å². The van der Waals surface area contributed by atoms with E-state index in [4.69, 9.17) is 5.73 Å². The van der Waals surface area contributed by atoms with Gasteiger partial charge in [0, 0.05) is 5.56 Å². The Kier molecular flexibility index (Phi) is 3.01. The van der Waals surface area contributed by atoms with Gasteiger partial charge in [-0.05, 0) is 24.5 Å². The minimum Gasteiger partial charge on any atom is -0.322 e. The molecule has 0 saturated heterocycles. The predicted octanol–water partition coefficient (Wildman–Crippen LogP) is 1.99. The monoisotopic (exact) mass is 253 g/mol. The molecule has 96 valence electrons. The van der Waals surface area contributed by atoms with E-state index in [1.807, 2.05) is 30.3 Å². The molecule has 4 nitrogen and oxygen atoms in total. The number of carbonyl (C=O) groups excluding carboxylic acids is 1. The first-order valence-electron chi connectivity index (χ1n) is 6.36. The smallest absolute Gasteiger partial charge is 0.263 e. The number of allylic oxidation sites excluding steroid dienone is 4. The number of nitrogens with one attached hydrogen (secondary N) is 1. The number of hydrogen-bond donors (Lipinski definition) is 2. The summed E-state index contributed by atoms with van der Waals surface area (Å²) in [5.74, 6) is -0.275. The van der Waals surface area contributed by atoms with Crippen LogP contribution in [0, 0.1) is 0 Å². The summed E-state index contributed by atoms with van der Waals surface area (Å²) < 4.78 is 0. The third-order valence-corrected chi connectivity index (χ3v) is 3.25. The molecule has 1 aromatic rings. The third-order valence-electron chi connectivity index (χ3n) is 3.25. The van der Waals surface area contributed by atoms with Crippen molar-refractivity contribution in [1.29, 1.82) is 0 Å². The van der Waals surface area contributed by atoms with Crippen LogP contribution in [0.1, 0.15) is 18.4 Å². The van der Waals surface area contributed by atoms with Crippen molar-refractivity contribution in [3.63, 3.8) is 0 Å². The zero-order chi connectivity index (χ0) is 13.2. The molecule has 3 N–H and O–H groups in total. The van der Waals surface area contributed by atoms with Gasteiger partial charge in [0.2, 0.25) is 0 Å². The van der Waals surface area contributed by atoms with Crippen LogP contribution in [0.2, 0.25) is 0 Å². The zero-order valence-electron chi connectivity index (χ0n) is 10.5. The van der Waals surface area contributed by atoms with E-state index in [1.54, 1.807) is 0 Å². The van der Waals surface area contributed by atoms with Crippen LogP contribution in [0.4, 0.5) is 5.69 Å². The fraction of sp³-hybridized carbons (Fsp3) is 0.200. The summed E-state index contributed by atoms with van der Waals surface area (Å²) in [6, 6.07) is 7.65. The Morgan fingerprint density at radius 3 is 2.89 bits per heavy atom. The summed E-state index contributed by atoms with van der Waals surface area (Å²) in [4.78, 5) is 16.2. The molecule has 0 radical (unpaired) electrons.